The van der Waals surface area contributed by atoms with Gasteiger partial charge in [0.1, 0.15) is 11.5 Å². The lowest BCUT2D eigenvalue weighted by atomic mass is 9.92. The molecule has 0 bridgehead atoms. The van der Waals surface area contributed by atoms with Crippen LogP contribution >= 0.6 is 0 Å². The van der Waals surface area contributed by atoms with Crippen LogP contribution in [0.4, 0.5) is 0 Å². The molecule has 25 heavy (non-hydrogen) atoms. The maximum absolute atomic E-state index is 12.5. The van der Waals surface area contributed by atoms with Crippen molar-refractivity contribution in [3.63, 3.8) is 0 Å². The van der Waals surface area contributed by atoms with E-state index in [4.69, 9.17) is 10.2 Å². The molecule has 0 saturated heterocycles. The Labute approximate surface area is 139 Å². The number of carbonyl (C=O) groups excluding carboxylic acids is 1. The van der Waals surface area contributed by atoms with Crippen molar-refractivity contribution in [3.05, 3.63) is 58.1 Å². The summed E-state index contributed by atoms with van der Waals surface area (Å²) in [5, 5.41) is 46.3. The Morgan fingerprint density at radius 2 is 1.04 bits per heavy atom. The fraction of sp³-hybridized carbons (Fsp3) is 0. The fourth-order valence-electron chi connectivity index (χ4n) is 2.18. The first-order chi connectivity index (χ1) is 11.6. The minimum Gasteiger partial charge on any atom is -0.508 e. The number of aromatic hydroxyl groups is 2. The lowest BCUT2D eigenvalue weighted by Gasteiger charge is -2.11. The molecule has 9 heteroatoms. The normalized spacial score (nSPS) is 10.2. The van der Waals surface area contributed by atoms with E-state index in [1.807, 2.05) is 0 Å². The Kier molecular flexibility index (Phi) is 4.42. The molecule has 0 atom stereocenters. The summed E-state index contributed by atoms with van der Waals surface area (Å²) in [5.41, 5.74) is -3.31. The van der Waals surface area contributed by atoms with Crippen molar-refractivity contribution in [2.24, 2.45) is 0 Å². The van der Waals surface area contributed by atoms with E-state index in [9.17, 15) is 34.5 Å². The Hall–Kier alpha value is -3.88. The molecule has 0 unspecified atom stereocenters. The van der Waals surface area contributed by atoms with Crippen molar-refractivity contribution < 1.29 is 44.7 Å². The van der Waals surface area contributed by atoms with E-state index in [1.165, 1.54) is 0 Å². The summed E-state index contributed by atoms with van der Waals surface area (Å²) >= 11 is 0. The number of phenolic OH excluding ortho intramolecular Hbond substituents is 2. The van der Waals surface area contributed by atoms with Crippen LogP contribution in [0.2, 0.25) is 0 Å². The average Bonchev–Trinajstić information content (AvgIpc) is 2.52. The van der Waals surface area contributed by atoms with Crippen LogP contribution in [0.5, 0.6) is 11.5 Å². The lowest BCUT2D eigenvalue weighted by Crippen LogP contribution is -2.16. The Morgan fingerprint density at radius 1 is 0.600 bits per heavy atom. The Morgan fingerprint density at radius 3 is 1.48 bits per heavy atom. The number of ketones is 1. The van der Waals surface area contributed by atoms with Crippen LogP contribution in [0.3, 0.4) is 0 Å². The molecule has 0 aromatic heterocycles. The molecule has 0 saturated carbocycles. The number of aromatic carboxylic acids is 3. The van der Waals surface area contributed by atoms with E-state index in [0.717, 1.165) is 18.2 Å². The van der Waals surface area contributed by atoms with Crippen LogP contribution in [0.1, 0.15) is 47.0 Å². The van der Waals surface area contributed by atoms with Crippen molar-refractivity contribution in [2.45, 2.75) is 0 Å². The molecule has 2 rings (SSSR count). The van der Waals surface area contributed by atoms with Crippen LogP contribution in [0, 0.1) is 0 Å². The number of rotatable bonds is 5. The standard InChI is InChI=1S/C16H10O9/c17-6-1-2-7(12(18)3-6)13(19)8-4-10(15(22)23)11(16(24)25)5-9(8)14(20)21/h1-5,17-18H,(H,20,21)(H,22,23)(H,24,25). The van der Waals surface area contributed by atoms with Gasteiger partial charge in [-0.1, -0.05) is 0 Å². The van der Waals surface area contributed by atoms with Gasteiger partial charge in [0.05, 0.1) is 22.3 Å². The van der Waals surface area contributed by atoms with Crippen molar-refractivity contribution in [1.82, 2.24) is 0 Å². The number of hydrogen-bond donors (Lipinski definition) is 5. The number of carboxylic acids is 3. The number of hydrogen-bond acceptors (Lipinski definition) is 6. The molecule has 128 valence electrons. The van der Waals surface area contributed by atoms with Gasteiger partial charge in [0.25, 0.3) is 0 Å². The summed E-state index contributed by atoms with van der Waals surface area (Å²) < 4.78 is 0. The van der Waals surface area contributed by atoms with Crippen molar-refractivity contribution in [2.75, 3.05) is 0 Å². The van der Waals surface area contributed by atoms with Gasteiger partial charge in [-0.25, -0.2) is 14.4 Å². The van der Waals surface area contributed by atoms with E-state index < -0.39 is 51.7 Å². The van der Waals surface area contributed by atoms with Crippen LogP contribution in [0.25, 0.3) is 0 Å². The highest BCUT2D eigenvalue weighted by Crippen LogP contribution is 2.27. The van der Waals surface area contributed by atoms with Gasteiger partial charge in [0.2, 0.25) is 0 Å². The van der Waals surface area contributed by atoms with Crippen LogP contribution in [-0.2, 0) is 0 Å². The lowest BCUT2D eigenvalue weighted by molar-refractivity contribution is 0.0648. The Bertz CT molecular complexity index is 927. The molecule has 5 N–H and O–H groups in total. The maximum Gasteiger partial charge on any atom is 0.336 e. The van der Waals surface area contributed by atoms with Crippen LogP contribution in [-0.4, -0.2) is 49.2 Å². The molecule has 0 radical (unpaired) electrons. The predicted octanol–water partition coefficient (Wildman–Crippen LogP) is 1.42. The van der Waals surface area contributed by atoms with Gasteiger partial charge < -0.3 is 25.5 Å². The second kappa shape index (κ2) is 6.32. The SMILES string of the molecule is O=C(O)c1cc(C(=O)O)c(C(=O)c2ccc(O)cc2O)cc1C(=O)O. The van der Waals surface area contributed by atoms with Crippen molar-refractivity contribution in [3.8, 4) is 11.5 Å². The number of phenols is 2. The molecular formula is C16H10O9. The molecule has 0 spiro atoms. The minimum absolute atomic E-state index is 0.347. The van der Waals surface area contributed by atoms with Crippen LogP contribution < -0.4 is 0 Å². The van der Waals surface area contributed by atoms with E-state index >= 15 is 0 Å². The summed E-state index contributed by atoms with van der Waals surface area (Å²) in [7, 11) is 0. The van der Waals surface area contributed by atoms with Gasteiger partial charge in [-0.2, -0.15) is 0 Å². The first-order valence-electron chi connectivity index (χ1n) is 6.58. The highest BCUT2D eigenvalue weighted by Gasteiger charge is 2.27. The largest absolute Gasteiger partial charge is 0.508 e. The van der Waals surface area contributed by atoms with Gasteiger partial charge >= 0.3 is 17.9 Å². The first-order valence-corrected chi connectivity index (χ1v) is 6.58. The maximum atomic E-state index is 12.5. The van der Waals surface area contributed by atoms with E-state index in [-0.39, 0.29) is 11.3 Å². The second-order valence-electron chi connectivity index (χ2n) is 4.89. The van der Waals surface area contributed by atoms with Gasteiger partial charge in [-0.3, -0.25) is 4.79 Å². The predicted molar refractivity (Wildman–Crippen MR) is 80.5 cm³/mol. The summed E-state index contributed by atoms with van der Waals surface area (Å²) in [6, 6.07) is 4.13. The Balaban J connectivity index is 2.76. The molecule has 0 fully saturated rings. The van der Waals surface area contributed by atoms with Gasteiger partial charge in [0.15, 0.2) is 5.78 Å². The third kappa shape index (κ3) is 3.24. The average molecular weight is 346 g/mol. The highest BCUT2D eigenvalue weighted by molar-refractivity contribution is 6.17. The zero-order chi connectivity index (χ0) is 18.9. The molecule has 0 heterocycles. The fourth-order valence-corrected chi connectivity index (χ4v) is 2.18. The monoisotopic (exact) mass is 346 g/mol. The first kappa shape index (κ1) is 17.5. The van der Waals surface area contributed by atoms with E-state index in [2.05, 4.69) is 0 Å². The van der Waals surface area contributed by atoms with E-state index in [1.54, 1.807) is 0 Å². The molecule has 9 nitrogen and oxygen atoms in total. The van der Waals surface area contributed by atoms with Gasteiger partial charge in [-0.15, -0.1) is 0 Å². The second-order valence-corrected chi connectivity index (χ2v) is 4.89. The van der Waals surface area contributed by atoms with E-state index in [0.29, 0.717) is 12.1 Å². The number of carboxylic acid groups (broad SMARTS) is 3. The van der Waals surface area contributed by atoms with Gasteiger partial charge in [-0.05, 0) is 24.3 Å². The molecule has 2 aromatic rings. The summed E-state index contributed by atoms with van der Waals surface area (Å²) in [4.78, 5) is 46.2. The quantitative estimate of drug-likeness (QED) is 0.502. The summed E-state index contributed by atoms with van der Waals surface area (Å²) in [6.45, 7) is 0. The molecule has 0 amide bonds. The van der Waals surface area contributed by atoms with Gasteiger partial charge in [0, 0.05) is 11.6 Å². The molecular weight excluding hydrogens is 336 g/mol. The highest BCUT2D eigenvalue weighted by atomic mass is 16.4. The third-order valence-corrected chi connectivity index (χ3v) is 3.32. The molecule has 0 aliphatic heterocycles. The number of benzene rings is 2. The smallest absolute Gasteiger partial charge is 0.336 e. The topological polar surface area (TPSA) is 169 Å². The van der Waals surface area contributed by atoms with Crippen LogP contribution in [0.15, 0.2) is 30.3 Å². The van der Waals surface area contributed by atoms with Crippen molar-refractivity contribution in [1.29, 1.82) is 0 Å². The third-order valence-electron chi connectivity index (χ3n) is 3.32. The number of carbonyl (C=O) groups is 4. The molecule has 0 aliphatic rings. The zero-order valence-electron chi connectivity index (χ0n) is 12.3. The minimum atomic E-state index is -1.67. The molecule has 2 aromatic carbocycles. The summed E-state index contributed by atoms with van der Waals surface area (Å²) in [5.74, 6) is -7.04. The summed E-state index contributed by atoms with van der Waals surface area (Å²) in [6.07, 6.45) is 0. The van der Waals surface area contributed by atoms with Crippen molar-refractivity contribution >= 4 is 23.7 Å². The zero-order valence-corrected chi connectivity index (χ0v) is 12.3. The molecule has 0 aliphatic carbocycles.